The van der Waals surface area contributed by atoms with Crippen molar-refractivity contribution in [3.05, 3.63) is 23.9 Å². The number of rotatable bonds is 3. The van der Waals surface area contributed by atoms with Crippen LogP contribution in [0.2, 0.25) is 0 Å². The molecule has 1 saturated carbocycles. The van der Waals surface area contributed by atoms with Crippen molar-refractivity contribution in [1.29, 1.82) is 0 Å². The molecule has 104 valence electrons. The summed E-state index contributed by atoms with van der Waals surface area (Å²) in [6, 6.07) is 5.45. The number of hydrogen-bond donors (Lipinski definition) is 3. The fraction of sp³-hybridized carbons (Fsp3) is 0.571. The van der Waals surface area contributed by atoms with Gasteiger partial charge >= 0.3 is 0 Å². The second kappa shape index (κ2) is 5.57. The summed E-state index contributed by atoms with van der Waals surface area (Å²) in [6.45, 7) is 4.56. The molecule has 2 rings (SSSR count). The summed E-state index contributed by atoms with van der Waals surface area (Å²) in [4.78, 5) is 16.2. The van der Waals surface area contributed by atoms with Crippen molar-refractivity contribution in [1.82, 2.24) is 10.3 Å². The lowest BCUT2D eigenvalue weighted by molar-refractivity contribution is 0.0904. The van der Waals surface area contributed by atoms with Crippen molar-refractivity contribution >= 4 is 11.7 Å². The largest absolute Gasteiger partial charge is 0.348 e. The Hall–Kier alpha value is -1.62. The number of nitrogens with two attached hydrogens (primary N) is 1. The molecule has 0 spiro atoms. The van der Waals surface area contributed by atoms with E-state index in [0.29, 0.717) is 16.9 Å². The smallest absolute Gasteiger partial charge is 0.270 e. The summed E-state index contributed by atoms with van der Waals surface area (Å²) in [5.74, 6) is 5.66. The van der Waals surface area contributed by atoms with E-state index in [0.717, 1.165) is 25.7 Å². The second-order valence-corrected chi connectivity index (χ2v) is 5.96. The molecular weight excluding hydrogens is 240 g/mol. The van der Waals surface area contributed by atoms with Gasteiger partial charge < -0.3 is 10.7 Å². The van der Waals surface area contributed by atoms with Crippen LogP contribution < -0.4 is 16.6 Å². The predicted octanol–water partition coefficient (Wildman–Crippen LogP) is 2.07. The number of hydrazine groups is 1. The molecule has 1 aromatic heterocycles. The summed E-state index contributed by atoms with van der Waals surface area (Å²) in [5.41, 5.74) is 3.25. The molecule has 0 bridgehead atoms. The van der Waals surface area contributed by atoms with Gasteiger partial charge in [0.05, 0.1) is 0 Å². The van der Waals surface area contributed by atoms with Gasteiger partial charge in [0.25, 0.3) is 5.91 Å². The van der Waals surface area contributed by atoms with Crippen molar-refractivity contribution in [2.75, 3.05) is 5.43 Å². The molecule has 0 radical (unpaired) electrons. The third-order valence-corrected chi connectivity index (χ3v) is 3.80. The molecule has 1 amide bonds. The van der Waals surface area contributed by atoms with E-state index < -0.39 is 0 Å². The first-order valence-corrected chi connectivity index (χ1v) is 6.75. The minimum absolute atomic E-state index is 0.123. The summed E-state index contributed by atoms with van der Waals surface area (Å²) in [6.07, 6.45) is 4.37. The van der Waals surface area contributed by atoms with E-state index in [9.17, 15) is 4.79 Å². The monoisotopic (exact) mass is 262 g/mol. The first-order valence-electron chi connectivity index (χ1n) is 6.75. The number of aromatic nitrogens is 1. The summed E-state index contributed by atoms with van der Waals surface area (Å²) in [7, 11) is 0. The molecule has 1 aliphatic rings. The molecule has 0 atom stereocenters. The molecule has 1 heterocycles. The minimum atomic E-state index is -0.123. The van der Waals surface area contributed by atoms with E-state index >= 15 is 0 Å². The maximum Gasteiger partial charge on any atom is 0.270 e. The Balaban J connectivity index is 1.94. The fourth-order valence-electron chi connectivity index (χ4n) is 2.44. The van der Waals surface area contributed by atoms with E-state index in [1.165, 1.54) is 0 Å². The molecule has 5 heteroatoms. The Morgan fingerprint density at radius 2 is 2.05 bits per heavy atom. The van der Waals surface area contributed by atoms with E-state index in [1.54, 1.807) is 18.2 Å². The van der Waals surface area contributed by atoms with Gasteiger partial charge in [0.15, 0.2) is 0 Å². The first-order chi connectivity index (χ1) is 9.00. The minimum Gasteiger partial charge on any atom is -0.348 e. The average Bonchev–Trinajstić information content (AvgIpc) is 2.41. The highest BCUT2D eigenvalue weighted by Gasteiger charge is 2.27. The zero-order chi connectivity index (χ0) is 13.9. The molecule has 0 aromatic carbocycles. The van der Waals surface area contributed by atoms with Crippen molar-refractivity contribution < 1.29 is 4.79 Å². The molecule has 19 heavy (non-hydrogen) atoms. The zero-order valence-corrected chi connectivity index (χ0v) is 11.6. The van der Waals surface area contributed by atoms with Crippen LogP contribution in [0.25, 0.3) is 0 Å². The molecule has 0 aliphatic heterocycles. The fourth-order valence-corrected chi connectivity index (χ4v) is 2.44. The van der Waals surface area contributed by atoms with E-state index in [4.69, 9.17) is 5.84 Å². The van der Waals surface area contributed by atoms with Gasteiger partial charge in [-0.3, -0.25) is 4.79 Å². The number of anilines is 1. The molecule has 1 aliphatic carbocycles. The number of carbonyl (C=O) groups excluding carboxylic acids is 1. The lowest BCUT2D eigenvalue weighted by Crippen LogP contribution is -2.39. The Morgan fingerprint density at radius 1 is 1.37 bits per heavy atom. The van der Waals surface area contributed by atoms with Gasteiger partial charge in [-0.05, 0) is 43.2 Å². The van der Waals surface area contributed by atoms with Crippen molar-refractivity contribution in [3.63, 3.8) is 0 Å². The standard InChI is InChI=1S/C14H22N4O/c1-14(2)8-6-10(7-9-14)16-13(19)11-4-3-5-12(17-11)18-15/h3-5,10H,6-9,15H2,1-2H3,(H,16,19)(H,17,18). The van der Waals surface area contributed by atoms with Gasteiger partial charge in [-0.1, -0.05) is 19.9 Å². The number of nitrogens with zero attached hydrogens (tertiary/aromatic N) is 1. The van der Waals surface area contributed by atoms with Gasteiger partial charge in [-0.25, -0.2) is 10.8 Å². The van der Waals surface area contributed by atoms with E-state index in [-0.39, 0.29) is 11.9 Å². The van der Waals surface area contributed by atoms with Crippen molar-refractivity contribution in [2.24, 2.45) is 11.3 Å². The number of pyridine rings is 1. The Labute approximate surface area is 114 Å². The third kappa shape index (κ3) is 3.67. The van der Waals surface area contributed by atoms with Crippen molar-refractivity contribution in [2.45, 2.75) is 45.6 Å². The summed E-state index contributed by atoms with van der Waals surface area (Å²) in [5, 5.41) is 3.05. The molecule has 1 aromatic rings. The average molecular weight is 262 g/mol. The molecule has 0 saturated heterocycles. The van der Waals surface area contributed by atoms with Gasteiger partial charge in [0, 0.05) is 6.04 Å². The molecule has 5 nitrogen and oxygen atoms in total. The Kier molecular flexibility index (Phi) is 4.04. The topological polar surface area (TPSA) is 80.0 Å². The van der Waals surface area contributed by atoms with Crippen LogP contribution in [0.15, 0.2) is 18.2 Å². The quantitative estimate of drug-likeness (QED) is 0.575. The van der Waals surface area contributed by atoms with Gasteiger partial charge in [0.1, 0.15) is 11.5 Å². The number of amides is 1. The van der Waals surface area contributed by atoms with Gasteiger partial charge in [0.2, 0.25) is 0 Å². The predicted molar refractivity (Wildman–Crippen MR) is 75.6 cm³/mol. The maximum atomic E-state index is 12.1. The highest BCUT2D eigenvalue weighted by Crippen LogP contribution is 2.35. The van der Waals surface area contributed by atoms with Crippen LogP contribution in [-0.2, 0) is 0 Å². The lowest BCUT2D eigenvalue weighted by Gasteiger charge is -2.34. The molecule has 1 fully saturated rings. The lowest BCUT2D eigenvalue weighted by atomic mass is 9.75. The highest BCUT2D eigenvalue weighted by atomic mass is 16.1. The normalized spacial score (nSPS) is 18.9. The van der Waals surface area contributed by atoms with Crippen LogP contribution in [0.3, 0.4) is 0 Å². The Morgan fingerprint density at radius 3 is 2.68 bits per heavy atom. The Bertz CT molecular complexity index is 449. The van der Waals surface area contributed by atoms with Crippen LogP contribution in [-0.4, -0.2) is 16.9 Å². The number of hydrogen-bond acceptors (Lipinski definition) is 4. The molecule has 4 N–H and O–H groups in total. The van der Waals surface area contributed by atoms with Crippen LogP contribution in [0, 0.1) is 5.41 Å². The third-order valence-electron chi connectivity index (χ3n) is 3.80. The van der Waals surface area contributed by atoms with Gasteiger partial charge in [-0.15, -0.1) is 0 Å². The van der Waals surface area contributed by atoms with Crippen LogP contribution >= 0.6 is 0 Å². The van der Waals surface area contributed by atoms with Crippen molar-refractivity contribution in [3.8, 4) is 0 Å². The van der Waals surface area contributed by atoms with E-state index in [1.807, 2.05) is 0 Å². The first kappa shape index (κ1) is 13.8. The number of nitrogens with one attached hydrogen (secondary N) is 2. The second-order valence-electron chi connectivity index (χ2n) is 5.96. The summed E-state index contributed by atoms with van der Waals surface area (Å²) < 4.78 is 0. The SMILES string of the molecule is CC1(C)CCC(NC(=O)c2cccc(NN)n2)CC1. The van der Waals surface area contributed by atoms with E-state index in [2.05, 4.69) is 29.6 Å². The molecule has 0 unspecified atom stereocenters. The number of nitrogen functional groups attached to an aromatic ring is 1. The highest BCUT2D eigenvalue weighted by molar-refractivity contribution is 5.92. The van der Waals surface area contributed by atoms with Crippen LogP contribution in [0.5, 0.6) is 0 Å². The number of carbonyl (C=O) groups is 1. The zero-order valence-electron chi connectivity index (χ0n) is 11.6. The van der Waals surface area contributed by atoms with Gasteiger partial charge in [-0.2, -0.15) is 0 Å². The van der Waals surface area contributed by atoms with Crippen LogP contribution in [0.4, 0.5) is 5.82 Å². The van der Waals surface area contributed by atoms with Crippen LogP contribution in [0.1, 0.15) is 50.0 Å². The summed E-state index contributed by atoms with van der Waals surface area (Å²) >= 11 is 0. The maximum absolute atomic E-state index is 12.1. The molecular formula is C14H22N4O.